The monoisotopic (exact) mass is 493 g/mol. The van der Waals surface area contributed by atoms with E-state index in [1.807, 2.05) is 12.1 Å². The van der Waals surface area contributed by atoms with Crippen molar-refractivity contribution in [3.63, 3.8) is 0 Å². The Bertz CT molecular complexity index is 891. The second-order valence-corrected chi connectivity index (χ2v) is 7.96. The summed E-state index contributed by atoms with van der Waals surface area (Å²) in [5, 5.41) is 20.0. The van der Waals surface area contributed by atoms with Crippen molar-refractivity contribution >= 4 is 49.3 Å². The van der Waals surface area contributed by atoms with Crippen LogP contribution >= 0.6 is 31.9 Å². The van der Waals surface area contributed by atoms with Gasteiger partial charge in [-0.05, 0) is 36.2 Å². The number of nitrogens with zero attached hydrogens (tertiary/aromatic N) is 1. The van der Waals surface area contributed by atoms with Gasteiger partial charge in [0.25, 0.3) is 11.7 Å². The average molecular weight is 495 g/mol. The van der Waals surface area contributed by atoms with E-state index in [1.165, 1.54) is 4.90 Å². The Balaban J connectivity index is 2.14. The molecule has 0 unspecified atom stereocenters. The van der Waals surface area contributed by atoms with Gasteiger partial charge in [0, 0.05) is 27.7 Å². The van der Waals surface area contributed by atoms with Crippen molar-refractivity contribution in [3.8, 4) is 0 Å². The Labute approximate surface area is 173 Å². The summed E-state index contributed by atoms with van der Waals surface area (Å²) in [6, 6.07) is 13.4. The molecule has 3 rings (SSSR count). The molecule has 2 N–H and O–H groups in total. The number of hydrogen-bond donors (Lipinski definition) is 2. The molecule has 0 aromatic heterocycles. The van der Waals surface area contributed by atoms with Gasteiger partial charge in [0.1, 0.15) is 5.76 Å². The van der Waals surface area contributed by atoms with Crippen LogP contribution in [0.5, 0.6) is 0 Å². The SMILES string of the molecule is O=C1C(=O)N(CCCO)[C@@H](c2ccc(Br)cc2)C1=C(O)c1ccc(Br)cc1. The molecule has 0 bridgehead atoms. The number of likely N-dealkylation sites (tertiary alicyclic amines) is 1. The topological polar surface area (TPSA) is 77.8 Å². The molecule has 1 atom stereocenters. The summed E-state index contributed by atoms with van der Waals surface area (Å²) in [6.45, 7) is 0.127. The molecule has 1 aliphatic heterocycles. The standard InChI is InChI=1S/C20H17Br2NO4/c21-14-6-2-12(3-7-14)17-16(18(25)13-4-8-15(22)9-5-13)19(26)20(27)23(17)10-1-11-24/h2-9,17,24-25H,1,10-11H2/t17-/m0/s1. The minimum atomic E-state index is -0.721. The van der Waals surface area contributed by atoms with Gasteiger partial charge in [-0.3, -0.25) is 9.59 Å². The number of carbonyl (C=O) groups excluding carboxylic acids is 2. The molecular weight excluding hydrogens is 478 g/mol. The van der Waals surface area contributed by atoms with Crippen LogP contribution in [0.15, 0.2) is 63.0 Å². The van der Waals surface area contributed by atoms with Crippen molar-refractivity contribution in [3.05, 3.63) is 74.2 Å². The lowest BCUT2D eigenvalue weighted by Gasteiger charge is -2.25. The highest BCUT2D eigenvalue weighted by Gasteiger charge is 2.45. The molecule has 2 aromatic carbocycles. The van der Waals surface area contributed by atoms with Crippen LogP contribution in [0.3, 0.4) is 0 Å². The molecule has 1 fully saturated rings. The first-order valence-corrected chi connectivity index (χ1v) is 9.93. The molecule has 5 nitrogen and oxygen atoms in total. The molecule has 2 aromatic rings. The average Bonchev–Trinajstić information content (AvgIpc) is 2.91. The first kappa shape index (κ1) is 19.8. The zero-order chi connectivity index (χ0) is 19.6. The molecule has 0 saturated carbocycles. The number of carbonyl (C=O) groups is 2. The smallest absolute Gasteiger partial charge is 0.295 e. The van der Waals surface area contributed by atoms with Crippen LogP contribution < -0.4 is 0 Å². The molecule has 1 heterocycles. The number of ketones is 1. The fourth-order valence-electron chi connectivity index (χ4n) is 3.11. The molecule has 1 amide bonds. The first-order chi connectivity index (χ1) is 12.9. The third-order valence-electron chi connectivity index (χ3n) is 4.40. The summed E-state index contributed by atoms with van der Waals surface area (Å²) in [7, 11) is 0. The van der Waals surface area contributed by atoms with Gasteiger partial charge in [-0.25, -0.2) is 0 Å². The van der Waals surface area contributed by atoms with Gasteiger partial charge in [0.15, 0.2) is 0 Å². The van der Waals surface area contributed by atoms with E-state index in [2.05, 4.69) is 31.9 Å². The van der Waals surface area contributed by atoms with Crippen LogP contribution in [0.25, 0.3) is 5.76 Å². The van der Waals surface area contributed by atoms with Crippen molar-refractivity contribution < 1.29 is 19.8 Å². The van der Waals surface area contributed by atoms with E-state index < -0.39 is 17.7 Å². The van der Waals surface area contributed by atoms with E-state index in [1.54, 1.807) is 36.4 Å². The molecule has 0 aliphatic carbocycles. The maximum absolute atomic E-state index is 12.7. The number of Topliss-reactive ketones (excluding diaryl/α,β-unsaturated/α-hetero) is 1. The van der Waals surface area contributed by atoms with Crippen molar-refractivity contribution in [2.24, 2.45) is 0 Å². The molecule has 7 heteroatoms. The normalized spacial score (nSPS) is 18.9. The van der Waals surface area contributed by atoms with Gasteiger partial charge in [0.05, 0.1) is 11.6 Å². The zero-order valence-corrected chi connectivity index (χ0v) is 17.4. The van der Waals surface area contributed by atoms with Crippen LogP contribution in [0.4, 0.5) is 0 Å². The lowest BCUT2D eigenvalue weighted by molar-refractivity contribution is -0.140. The predicted molar refractivity (Wildman–Crippen MR) is 109 cm³/mol. The molecule has 27 heavy (non-hydrogen) atoms. The summed E-state index contributed by atoms with van der Waals surface area (Å²) >= 11 is 6.71. The molecule has 0 spiro atoms. The first-order valence-electron chi connectivity index (χ1n) is 8.34. The third-order valence-corrected chi connectivity index (χ3v) is 5.46. The number of aliphatic hydroxyl groups excluding tert-OH is 2. The van der Waals surface area contributed by atoms with Crippen LogP contribution in [0, 0.1) is 0 Å². The second-order valence-electron chi connectivity index (χ2n) is 6.13. The van der Waals surface area contributed by atoms with Crippen molar-refractivity contribution in [1.29, 1.82) is 0 Å². The number of hydrogen-bond acceptors (Lipinski definition) is 4. The highest BCUT2D eigenvalue weighted by Crippen LogP contribution is 2.39. The van der Waals surface area contributed by atoms with Crippen molar-refractivity contribution in [2.75, 3.05) is 13.2 Å². The van der Waals surface area contributed by atoms with Gasteiger partial charge in [-0.2, -0.15) is 0 Å². The Hall–Kier alpha value is -1.96. The maximum Gasteiger partial charge on any atom is 0.295 e. The van der Waals surface area contributed by atoms with Crippen LogP contribution in [-0.2, 0) is 9.59 Å². The Morgan fingerprint density at radius 2 is 1.52 bits per heavy atom. The third kappa shape index (κ3) is 4.00. The van der Waals surface area contributed by atoms with Gasteiger partial charge in [0.2, 0.25) is 0 Å². The van der Waals surface area contributed by atoms with Crippen LogP contribution in [0.1, 0.15) is 23.6 Å². The van der Waals surface area contributed by atoms with E-state index in [0.717, 1.165) is 8.95 Å². The lowest BCUT2D eigenvalue weighted by atomic mass is 9.95. The second kappa shape index (κ2) is 8.37. The molecule has 1 saturated heterocycles. The Kier molecular flexibility index (Phi) is 6.14. The predicted octanol–water partition coefficient (Wildman–Crippen LogP) is 4.02. The number of aliphatic hydroxyl groups is 2. The van der Waals surface area contributed by atoms with Gasteiger partial charge in [-0.1, -0.05) is 56.1 Å². The van der Waals surface area contributed by atoms with Crippen LogP contribution in [0.2, 0.25) is 0 Å². The van der Waals surface area contributed by atoms with E-state index in [9.17, 15) is 14.7 Å². The summed E-state index contributed by atoms with van der Waals surface area (Å²) in [6.07, 6.45) is 0.346. The van der Waals surface area contributed by atoms with Crippen molar-refractivity contribution in [2.45, 2.75) is 12.5 Å². The number of benzene rings is 2. The fraction of sp³-hybridized carbons (Fsp3) is 0.200. The minimum absolute atomic E-state index is 0.0579. The van der Waals surface area contributed by atoms with Crippen LogP contribution in [-0.4, -0.2) is 40.0 Å². The Morgan fingerprint density at radius 1 is 0.963 bits per heavy atom. The Morgan fingerprint density at radius 3 is 2.07 bits per heavy atom. The highest BCUT2D eigenvalue weighted by atomic mass is 79.9. The molecular formula is C20H17Br2NO4. The zero-order valence-electron chi connectivity index (χ0n) is 14.2. The summed E-state index contributed by atoms with van der Waals surface area (Å²) in [4.78, 5) is 26.7. The summed E-state index contributed by atoms with van der Waals surface area (Å²) in [5.41, 5.74) is 1.23. The van der Waals surface area contributed by atoms with Crippen molar-refractivity contribution in [1.82, 2.24) is 4.90 Å². The van der Waals surface area contributed by atoms with Gasteiger partial charge in [-0.15, -0.1) is 0 Å². The van der Waals surface area contributed by atoms with Gasteiger partial charge < -0.3 is 15.1 Å². The van der Waals surface area contributed by atoms with E-state index in [4.69, 9.17) is 5.11 Å². The quantitative estimate of drug-likeness (QED) is 0.374. The number of rotatable bonds is 5. The minimum Gasteiger partial charge on any atom is -0.507 e. The van der Waals surface area contributed by atoms with E-state index in [0.29, 0.717) is 17.5 Å². The lowest BCUT2D eigenvalue weighted by Crippen LogP contribution is -2.31. The summed E-state index contributed by atoms with van der Waals surface area (Å²) in [5.74, 6) is -1.60. The molecule has 0 radical (unpaired) electrons. The number of halogens is 2. The summed E-state index contributed by atoms with van der Waals surface area (Å²) < 4.78 is 1.71. The molecule has 140 valence electrons. The largest absolute Gasteiger partial charge is 0.507 e. The maximum atomic E-state index is 12.7. The van der Waals surface area contributed by atoms with E-state index in [-0.39, 0.29) is 24.5 Å². The van der Waals surface area contributed by atoms with E-state index >= 15 is 0 Å². The number of amides is 1. The molecule has 1 aliphatic rings. The fourth-order valence-corrected chi connectivity index (χ4v) is 3.64. The highest BCUT2D eigenvalue weighted by molar-refractivity contribution is 9.10. The van der Waals surface area contributed by atoms with Gasteiger partial charge >= 0.3 is 0 Å².